The fourth-order valence-corrected chi connectivity index (χ4v) is 22.6. The molecule has 0 saturated heterocycles. The second-order valence-electron chi connectivity index (χ2n) is 34.7. The maximum Gasteiger partial charge on any atom is 0.160 e. The van der Waals surface area contributed by atoms with Crippen molar-refractivity contribution in [3.63, 3.8) is 0 Å². The van der Waals surface area contributed by atoms with Crippen LogP contribution in [-0.2, 0) is 0 Å². The second kappa shape index (κ2) is 29.0. The van der Waals surface area contributed by atoms with E-state index in [4.69, 9.17) is 19.9 Å². The van der Waals surface area contributed by atoms with E-state index in [2.05, 4.69) is 466 Å². The van der Waals surface area contributed by atoms with Crippen LogP contribution < -0.4 is 0 Å². The Labute approximate surface area is 759 Å². The van der Waals surface area contributed by atoms with Gasteiger partial charge in [0.05, 0.1) is 83.3 Å². The van der Waals surface area contributed by atoms with Crippen LogP contribution in [0.25, 0.3) is 268 Å². The maximum atomic E-state index is 5.51. The van der Waals surface area contributed by atoms with E-state index in [1.165, 1.54) is 151 Å². The van der Waals surface area contributed by atoms with Gasteiger partial charge in [-0.15, -0.1) is 11.3 Å². The first-order chi connectivity index (χ1) is 65.4. The first-order valence-corrected chi connectivity index (χ1v) is 45.8. The number of aromatic nitrogens is 9. The van der Waals surface area contributed by atoms with Crippen LogP contribution in [0.5, 0.6) is 0 Å². The van der Waals surface area contributed by atoms with Crippen molar-refractivity contribution in [1.29, 1.82) is 0 Å². The fourth-order valence-electron chi connectivity index (χ4n) is 21.5. The lowest BCUT2D eigenvalue weighted by Gasteiger charge is -2.16. The molecule has 0 N–H and O–H groups in total. The van der Waals surface area contributed by atoms with E-state index >= 15 is 0 Å². The predicted molar refractivity (Wildman–Crippen MR) is 555 cm³/mol. The molecule has 10 heteroatoms. The Morgan fingerprint density at radius 2 is 0.523 bits per heavy atom. The number of fused-ring (bicyclic) bond motifs is 24. The molecule has 0 aliphatic rings. The molecule has 9 nitrogen and oxygen atoms in total. The van der Waals surface area contributed by atoms with Gasteiger partial charge < -0.3 is 22.8 Å². The largest absolute Gasteiger partial charge is 0.309 e. The monoisotopic (exact) mass is 1700 g/mol. The van der Waals surface area contributed by atoms with E-state index in [-0.39, 0.29) is 0 Å². The van der Waals surface area contributed by atoms with Crippen LogP contribution >= 0.6 is 11.3 Å². The molecule has 612 valence electrons. The standard InChI is InChI=1S/C64H39N5.C58H34N4S/c1-2-16-43(17-3-1)67-56-26-12-9-22-49(56)51-33-31-41(39-61(51)67)64-65-55-25-11-6-24-53(55)63(66-64)52-34-35-60(46-19-5-4-18-45(46)52)69-59-29-15-10-23-50(59)54-37-42-36-44(32-30-40(42)38-62(54)69)68-57-27-13-7-20-47(57)48-21-8-14-28-58(48)68;1-6-16-50-48(15-1)57(60-58(59-50)38-25-28-47-46-14-5-10-20-55(46)63-56(47)34-38)37-22-21-35-23-26-42(30-39(35)29-37)62-53-19-9-4-13-45(53)49-32-40-31-41(27-24-36(40)33-54(49)62)61-51-17-7-2-11-43(51)44-12-3-8-18-52(44)61/h1-39H;1-34H. The molecule has 29 aromatic rings. The van der Waals surface area contributed by atoms with Crippen molar-refractivity contribution in [3.05, 3.63) is 443 Å². The molecule has 0 amide bonds. The van der Waals surface area contributed by atoms with Crippen molar-refractivity contribution in [3.8, 4) is 73.7 Å². The highest BCUT2D eigenvalue weighted by molar-refractivity contribution is 7.25. The van der Waals surface area contributed by atoms with E-state index in [0.29, 0.717) is 5.82 Å². The van der Waals surface area contributed by atoms with Gasteiger partial charge in [-0.2, -0.15) is 0 Å². The number of nitrogens with zero attached hydrogens (tertiary/aromatic N) is 9. The summed E-state index contributed by atoms with van der Waals surface area (Å²) in [6.45, 7) is 0. The number of hydrogen-bond donors (Lipinski definition) is 0. The van der Waals surface area contributed by atoms with Crippen LogP contribution in [0.3, 0.4) is 0 Å². The highest BCUT2D eigenvalue weighted by Crippen LogP contribution is 2.47. The summed E-state index contributed by atoms with van der Waals surface area (Å²) in [5.41, 5.74) is 25.3. The lowest BCUT2D eigenvalue weighted by molar-refractivity contribution is 1.18. The van der Waals surface area contributed by atoms with Crippen LogP contribution in [0.1, 0.15) is 0 Å². The summed E-state index contributed by atoms with van der Waals surface area (Å²) in [6, 6.07) is 161. The van der Waals surface area contributed by atoms with E-state index < -0.39 is 0 Å². The summed E-state index contributed by atoms with van der Waals surface area (Å²) < 4.78 is 14.6. The second-order valence-corrected chi connectivity index (χ2v) is 35.8. The van der Waals surface area contributed by atoms with E-state index in [1.54, 1.807) is 0 Å². The third-order valence-electron chi connectivity index (χ3n) is 27.4. The Morgan fingerprint density at radius 1 is 0.167 bits per heavy atom. The molecular weight excluding hydrogens is 1620 g/mol. The first-order valence-electron chi connectivity index (χ1n) is 45.0. The van der Waals surface area contributed by atoms with Crippen LogP contribution in [-0.4, -0.2) is 42.8 Å². The maximum absolute atomic E-state index is 5.51. The van der Waals surface area contributed by atoms with Gasteiger partial charge in [0.15, 0.2) is 11.6 Å². The minimum atomic E-state index is 0.694. The molecular formula is C122H73N9S. The van der Waals surface area contributed by atoms with E-state index in [0.717, 1.165) is 111 Å². The van der Waals surface area contributed by atoms with Gasteiger partial charge in [-0.3, -0.25) is 0 Å². The predicted octanol–water partition coefficient (Wildman–Crippen LogP) is 32.4. The number of rotatable bonds is 9. The zero-order chi connectivity index (χ0) is 86.3. The molecule has 8 heterocycles. The molecule has 0 aliphatic carbocycles. The van der Waals surface area contributed by atoms with Gasteiger partial charge in [0.1, 0.15) is 0 Å². The normalized spacial score (nSPS) is 12.1. The average molecular weight is 1700 g/mol. The fraction of sp³-hybridized carbons (Fsp3) is 0. The molecule has 29 rings (SSSR count). The highest BCUT2D eigenvalue weighted by Gasteiger charge is 2.25. The van der Waals surface area contributed by atoms with Crippen LogP contribution in [0.2, 0.25) is 0 Å². The zero-order valence-corrected chi connectivity index (χ0v) is 71.9. The van der Waals surface area contributed by atoms with Gasteiger partial charge in [-0.25, -0.2) is 19.9 Å². The highest BCUT2D eigenvalue weighted by atomic mass is 32.1. The van der Waals surface area contributed by atoms with Gasteiger partial charge >= 0.3 is 0 Å². The van der Waals surface area contributed by atoms with Gasteiger partial charge in [0, 0.05) is 135 Å². The minimum absolute atomic E-state index is 0.694. The van der Waals surface area contributed by atoms with Crippen molar-refractivity contribution < 1.29 is 0 Å². The van der Waals surface area contributed by atoms with Gasteiger partial charge in [0.2, 0.25) is 0 Å². The number of benzene rings is 21. The Kier molecular flexibility index (Phi) is 16.2. The molecule has 0 aliphatic heterocycles. The number of hydrogen-bond acceptors (Lipinski definition) is 5. The smallest absolute Gasteiger partial charge is 0.160 e. The van der Waals surface area contributed by atoms with E-state index in [9.17, 15) is 0 Å². The van der Waals surface area contributed by atoms with Crippen molar-refractivity contribution in [1.82, 2.24) is 42.8 Å². The van der Waals surface area contributed by atoms with Crippen LogP contribution in [0, 0.1) is 0 Å². The summed E-state index contributed by atoms with van der Waals surface area (Å²) in [5.74, 6) is 1.43. The Hall–Kier alpha value is -17.4. The third-order valence-corrected chi connectivity index (χ3v) is 28.6. The molecule has 21 aromatic carbocycles. The topological polar surface area (TPSA) is 76.2 Å². The third kappa shape index (κ3) is 11.4. The molecule has 0 saturated carbocycles. The van der Waals surface area contributed by atoms with Crippen molar-refractivity contribution in [2.45, 2.75) is 0 Å². The summed E-state index contributed by atoms with van der Waals surface area (Å²) >= 11 is 1.82. The molecule has 0 unspecified atom stereocenters. The summed E-state index contributed by atoms with van der Waals surface area (Å²) in [4.78, 5) is 21.2. The zero-order valence-electron chi connectivity index (χ0n) is 71.1. The van der Waals surface area contributed by atoms with Gasteiger partial charge in [-0.05, 0) is 195 Å². The summed E-state index contributed by atoms with van der Waals surface area (Å²) in [7, 11) is 0. The van der Waals surface area contributed by atoms with Gasteiger partial charge in [-0.1, -0.05) is 285 Å². The first kappa shape index (κ1) is 73.7. The minimum Gasteiger partial charge on any atom is -0.309 e. The summed E-state index contributed by atoms with van der Waals surface area (Å²) in [5, 5.41) is 26.4. The average Bonchev–Trinajstić information content (AvgIpc) is 1.48. The van der Waals surface area contributed by atoms with Crippen molar-refractivity contribution >= 4 is 205 Å². The van der Waals surface area contributed by atoms with Crippen LogP contribution in [0.4, 0.5) is 0 Å². The molecule has 0 bridgehead atoms. The molecule has 0 radical (unpaired) electrons. The Morgan fingerprint density at radius 3 is 1.06 bits per heavy atom. The molecule has 0 spiro atoms. The molecule has 8 aromatic heterocycles. The lowest BCUT2D eigenvalue weighted by Crippen LogP contribution is -1.99. The van der Waals surface area contributed by atoms with Crippen molar-refractivity contribution in [2.75, 3.05) is 0 Å². The Bertz CT molecular complexity index is 9870. The number of para-hydroxylation sites is 10. The van der Waals surface area contributed by atoms with E-state index in [1.807, 2.05) is 11.3 Å². The molecule has 132 heavy (non-hydrogen) atoms. The Balaban J connectivity index is 0.000000133. The summed E-state index contributed by atoms with van der Waals surface area (Å²) in [6.07, 6.45) is 0. The van der Waals surface area contributed by atoms with Gasteiger partial charge in [0.25, 0.3) is 0 Å². The van der Waals surface area contributed by atoms with Crippen molar-refractivity contribution in [2.24, 2.45) is 0 Å². The lowest BCUT2D eigenvalue weighted by atomic mass is 9.97. The quantitative estimate of drug-likeness (QED) is 0.144. The number of thiophene rings is 1. The van der Waals surface area contributed by atoms with Crippen LogP contribution in [0.15, 0.2) is 443 Å². The molecule has 0 atom stereocenters. The molecule has 0 fully saturated rings. The SMILES string of the molecule is c1ccc(-n2c3ccccc3c3ccc(-c4nc(-c5ccc(-n6c7ccccc7c7cc8cc(-n9c%10ccccc%10c%10ccccc%109)ccc8cc76)c6ccccc56)c5ccccc5n4)cc32)cc1.c1ccc2c(-c3ccc4ccc(-n5c6ccccc6c6cc7cc(-n8c9ccccc9c9ccccc98)ccc7cc65)cc4c3)nc(-c3ccc4c(c3)sc3ccccc34)nc2c1.